The fourth-order valence-electron chi connectivity index (χ4n) is 10.0. The number of benzene rings is 10. The number of fused-ring (bicyclic) bond motifs is 9. The largest absolute Gasteiger partial charge is 0.454 e. The average molecular weight is 818 g/mol. The Balaban J connectivity index is 0.925. The summed E-state index contributed by atoms with van der Waals surface area (Å²) < 4.78 is 11.5. The zero-order chi connectivity index (χ0) is 42.1. The van der Waals surface area contributed by atoms with Crippen LogP contribution in [0, 0.1) is 0 Å². The van der Waals surface area contributed by atoms with Gasteiger partial charge in [-0.3, -0.25) is 0 Å². The number of para-hydroxylation sites is 7. The van der Waals surface area contributed by atoms with Gasteiger partial charge in [-0.2, -0.15) is 0 Å². The van der Waals surface area contributed by atoms with Crippen LogP contribution in [0.2, 0.25) is 0 Å². The molecule has 13 rings (SSSR count). The minimum atomic E-state index is 0.854. The third-order valence-corrected chi connectivity index (χ3v) is 12.9. The van der Waals surface area contributed by atoms with Crippen molar-refractivity contribution in [2.24, 2.45) is 0 Å². The molecule has 0 aliphatic carbocycles. The van der Waals surface area contributed by atoms with Gasteiger partial charge in [-0.05, 0) is 95.6 Å². The molecule has 64 heavy (non-hydrogen) atoms. The van der Waals surface area contributed by atoms with E-state index in [1.165, 1.54) is 49.2 Å². The summed E-state index contributed by atoms with van der Waals surface area (Å²) in [7, 11) is 0. The minimum absolute atomic E-state index is 0.854. The Morgan fingerprint density at radius 2 is 0.812 bits per heavy atom. The number of furan rings is 1. The predicted octanol–water partition coefficient (Wildman–Crippen LogP) is 16.6. The molecule has 0 fully saturated rings. The maximum atomic E-state index is 6.68. The molecule has 4 heteroatoms. The quantitative estimate of drug-likeness (QED) is 0.160. The highest BCUT2D eigenvalue weighted by Crippen LogP contribution is 2.44. The third kappa shape index (κ3) is 5.63. The maximum Gasteiger partial charge on any atom is 0.159 e. The van der Waals surface area contributed by atoms with E-state index in [2.05, 4.69) is 245 Å². The molecule has 0 saturated carbocycles. The Morgan fingerprint density at radius 3 is 1.44 bits per heavy atom. The van der Waals surface area contributed by atoms with Gasteiger partial charge in [0.1, 0.15) is 5.58 Å². The minimum Gasteiger partial charge on any atom is -0.454 e. The molecule has 3 heterocycles. The van der Waals surface area contributed by atoms with Crippen molar-refractivity contribution in [3.05, 3.63) is 237 Å². The summed E-state index contributed by atoms with van der Waals surface area (Å²) in [4.78, 5) is 2.33. The fourth-order valence-corrected chi connectivity index (χ4v) is 10.0. The van der Waals surface area contributed by atoms with E-state index in [0.717, 1.165) is 67.1 Å². The fraction of sp³-hybridized carbons (Fsp3) is 0. The van der Waals surface area contributed by atoms with Crippen LogP contribution < -0.4 is 4.90 Å². The molecule has 13 aromatic rings. The molecule has 0 spiro atoms. The molecule has 4 nitrogen and oxygen atoms in total. The molecule has 300 valence electrons. The molecule has 10 aromatic carbocycles. The van der Waals surface area contributed by atoms with E-state index in [-0.39, 0.29) is 0 Å². The predicted molar refractivity (Wildman–Crippen MR) is 268 cm³/mol. The van der Waals surface area contributed by atoms with Gasteiger partial charge in [-0.15, -0.1) is 0 Å². The Labute approximate surface area is 369 Å². The molecule has 0 saturated heterocycles. The number of hydrogen-bond donors (Lipinski definition) is 0. The standard InChI is InChI=1S/C60H39N3O/c1-7-24-53(63-56-27-10-4-20-49(56)50-21-5-11-28-57(50)63)46(17-1)41-33-37-44(38-34-41)61(58-29-14-23-52-51-22-6-12-30-59(51)64-60(52)58)43-35-31-40(32-36-43)42-15-13-16-45(39-42)62-54-25-8-2-18-47(54)48-19-3-9-26-55(48)62/h1-39H. The van der Waals surface area contributed by atoms with E-state index in [1.807, 2.05) is 6.07 Å². The van der Waals surface area contributed by atoms with Crippen molar-refractivity contribution in [1.29, 1.82) is 0 Å². The second-order valence-corrected chi connectivity index (χ2v) is 16.5. The van der Waals surface area contributed by atoms with Crippen LogP contribution in [0.1, 0.15) is 0 Å². The summed E-state index contributed by atoms with van der Waals surface area (Å²) in [5.41, 5.74) is 16.5. The van der Waals surface area contributed by atoms with Crippen molar-refractivity contribution < 1.29 is 4.42 Å². The van der Waals surface area contributed by atoms with Gasteiger partial charge in [0.15, 0.2) is 5.58 Å². The zero-order valence-electron chi connectivity index (χ0n) is 34.8. The summed E-state index contributed by atoms with van der Waals surface area (Å²) in [5.74, 6) is 0. The van der Waals surface area contributed by atoms with Crippen molar-refractivity contribution in [2.45, 2.75) is 0 Å². The topological polar surface area (TPSA) is 26.2 Å². The van der Waals surface area contributed by atoms with E-state index >= 15 is 0 Å². The van der Waals surface area contributed by atoms with Crippen LogP contribution in [0.15, 0.2) is 241 Å². The molecule has 0 unspecified atom stereocenters. The second kappa shape index (κ2) is 14.5. The molecule has 0 aliphatic rings. The highest BCUT2D eigenvalue weighted by Gasteiger charge is 2.21. The van der Waals surface area contributed by atoms with E-state index in [0.29, 0.717) is 0 Å². The lowest BCUT2D eigenvalue weighted by Gasteiger charge is -2.26. The Bertz CT molecular complexity index is 3800. The van der Waals surface area contributed by atoms with Crippen molar-refractivity contribution in [2.75, 3.05) is 4.90 Å². The van der Waals surface area contributed by atoms with Crippen molar-refractivity contribution in [3.8, 4) is 33.6 Å². The molecule has 3 aromatic heterocycles. The van der Waals surface area contributed by atoms with Crippen LogP contribution in [-0.4, -0.2) is 9.13 Å². The summed E-state index contributed by atoms with van der Waals surface area (Å²) in [6.07, 6.45) is 0. The molecular weight excluding hydrogens is 779 g/mol. The lowest BCUT2D eigenvalue weighted by Crippen LogP contribution is -2.10. The Kier molecular flexibility index (Phi) is 8.18. The Hall–Kier alpha value is -8.60. The molecule has 0 N–H and O–H groups in total. The SMILES string of the molecule is c1cc(-c2ccc(N(c3ccc(-c4ccccc4-n4c5ccccc5c5ccccc54)cc3)c3cccc4c3oc3ccccc34)cc2)cc(-n2c3ccccc3c3ccccc32)c1. The van der Waals surface area contributed by atoms with Gasteiger partial charge in [0.05, 0.1) is 33.4 Å². The summed E-state index contributed by atoms with van der Waals surface area (Å²) in [6.45, 7) is 0. The lowest BCUT2D eigenvalue weighted by atomic mass is 10.0. The highest BCUT2D eigenvalue weighted by atomic mass is 16.3. The second-order valence-electron chi connectivity index (χ2n) is 16.5. The van der Waals surface area contributed by atoms with Crippen LogP contribution in [0.25, 0.3) is 99.2 Å². The number of anilines is 3. The van der Waals surface area contributed by atoms with Gasteiger partial charge in [0, 0.05) is 54.9 Å². The van der Waals surface area contributed by atoms with Gasteiger partial charge in [0.2, 0.25) is 0 Å². The summed E-state index contributed by atoms with van der Waals surface area (Å²) in [5, 5.41) is 7.21. The van der Waals surface area contributed by atoms with Crippen LogP contribution in [0.3, 0.4) is 0 Å². The first-order valence-electron chi connectivity index (χ1n) is 21.8. The van der Waals surface area contributed by atoms with Gasteiger partial charge in [-0.25, -0.2) is 0 Å². The van der Waals surface area contributed by atoms with Crippen molar-refractivity contribution in [1.82, 2.24) is 9.13 Å². The number of rotatable bonds is 7. The average Bonchev–Trinajstić information content (AvgIpc) is 4.03. The molecule has 0 bridgehead atoms. The lowest BCUT2D eigenvalue weighted by molar-refractivity contribution is 0.669. The van der Waals surface area contributed by atoms with Crippen LogP contribution in [0.5, 0.6) is 0 Å². The van der Waals surface area contributed by atoms with E-state index in [1.54, 1.807) is 0 Å². The van der Waals surface area contributed by atoms with E-state index in [4.69, 9.17) is 4.42 Å². The summed E-state index contributed by atoms with van der Waals surface area (Å²) >= 11 is 0. The van der Waals surface area contributed by atoms with Gasteiger partial charge < -0.3 is 18.5 Å². The molecule has 0 aliphatic heterocycles. The van der Waals surface area contributed by atoms with Crippen LogP contribution in [-0.2, 0) is 0 Å². The van der Waals surface area contributed by atoms with Crippen LogP contribution >= 0.6 is 0 Å². The molecule has 0 atom stereocenters. The normalized spacial score (nSPS) is 11.8. The first-order valence-corrected chi connectivity index (χ1v) is 21.8. The first kappa shape index (κ1) is 36.1. The highest BCUT2D eigenvalue weighted by molar-refractivity contribution is 6.12. The summed E-state index contributed by atoms with van der Waals surface area (Å²) in [6, 6.07) is 85.0. The van der Waals surface area contributed by atoms with Crippen molar-refractivity contribution >= 4 is 82.6 Å². The van der Waals surface area contributed by atoms with Crippen LogP contribution in [0.4, 0.5) is 17.1 Å². The van der Waals surface area contributed by atoms with Gasteiger partial charge in [-0.1, -0.05) is 158 Å². The molecule has 0 amide bonds. The van der Waals surface area contributed by atoms with Crippen molar-refractivity contribution in [3.63, 3.8) is 0 Å². The molecule has 0 radical (unpaired) electrons. The van der Waals surface area contributed by atoms with Gasteiger partial charge in [0.25, 0.3) is 0 Å². The Morgan fingerprint density at radius 1 is 0.328 bits per heavy atom. The van der Waals surface area contributed by atoms with E-state index < -0.39 is 0 Å². The third-order valence-electron chi connectivity index (χ3n) is 12.9. The maximum absolute atomic E-state index is 6.68. The van der Waals surface area contributed by atoms with Gasteiger partial charge >= 0.3 is 0 Å². The number of hydrogen-bond acceptors (Lipinski definition) is 2. The smallest absolute Gasteiger partial charge is 0.159 e. The number of aromatic nitrogens is 2. The number of nitrogens with zero attached hydrogens (tertiary/aromatic N) is 3. The van der Waals surface area contributed by atoms with E-state index in [9.17, 15) is 0 Å². The molecular formula is C60H39N3O. The monoisotopic (exact) mass is 817 g/mol. The first-order chi connectivity index (χ1) is 31.8. The zero-order valence-corrected chi connectivity index (χ0v) is 34.8.